The Balaban J connectivity index is 1.88. The Morgan fingerprint density at radius 2 is 2.24 bits per heavy atom. The second kappa shape index (κ2) is 5.04. The van der Waals surface area contributed by atoms with Crippen LogP contribution in [0.25, 0.3) is 0 Å². The fourth-order valence-electron chi connectivity index (χ4n) is 2.78. The van der Waals surface area contributed by atoms with Gasteiger partial charge in [0.25, 0.3) is 0 Å². The lowest BCUT2D eigenvalue weighted by Gasteiger charge is -2.33. The molecule has 2 amide bonds. The summed E-state index contributed by atoms with van der Waals surface area (Å²) in [6.07, 6.45) is 3.34. The van der Waals surface area contributed by atoms with E-state index in [1.54, 1.807) is 0 Å². The van der Waals surface area contributed by atoms with Crippen molar-refractivity contribution in [3.63, 3.8) is 0 Å². The molecule has 5 nitrogen and oxygen atoms in total. The second-order valence-electron chi connectivity index (χ2n) is 5.27. The monoisotopic (exact) mass is 239 g/mol. The molecule has 1 aliphatic carbocycles. The van der Waals surface area contributed by atoms with E-state index < -0.39 is 0 Å². The third-order valence-corrected chi connectivity index (χ3v) is 4.02. The minimum Gasteiger partial charge on any atom is -0.354 e. The van der Waals surface area contributed by atoms with Gasteiger partial charge in [-0.2, -0.15) is 0 Å². The van der Waals surface area contributed by atoms with Crippen LogP contribution in [0.4, 0.5) is 0 Å². The van der Waals surface area contributed by atoms with Gasteiger partial charge < -0.3 is 16.4 Å². The lowest BCUT2D eigenvalue weighted by Crippen LogP contribution is -2.47. The molecule has 1 saturated heterocycles. The van der Waals surface area contributed by atoms with Crippen molar-refractivity contribution in [3.05, 3.63) is 0 Å². The van der Waals surface area contributed by atoms with Crippen molar-refractivity contribution in [3.8, 4) is 0 Å². The van der Waals surface area contributed by atoms with E-state index in [1.807, 2.05) is 6.92 Å². The average molecular weight is 239 g/mol. The van der Waals surface area contributed by atoms with Gasteiger partial charge in [-0.25, -0.2) is 0 Å². The van der Waals surface area contributed by atoms with E-state index in [-0.39, 0.29) is 35.7 Å². The van der Waals surface area contributed by atoms with E-state index in [0.717, 1.165) is 19.3 Å². The molecule has 0 aromatic heterocycles. The van der Waals surface area contributed by atoms with Gasteiger partial charge in [0.1, 0.15) is 0 Å². The van der Waals surface area contributed by atoms with E-state index in [1.165, 1.54) is 0 Å². The molecule has 96 valence electrons. The van der Waals surface area contributed by atoms with Crippen LogP contribution < -0.4 is 16.4 Å². The van der Waals surface area contributed by atoms with Crippen LogP contribution in [-0.4, -0.2) is 30.4 Å². The third-order valence-electron chi connectivity index (χ3n) is 4.02. The molecular weight excluding hydrogens is 218 g/mol. The number of carbonyl (C=O) groups excluding carboxylic acids is 2. The van der Waals surface area contributed by atoms with Gasteiger partial charge in [-0.15, -0.1) is 0 Å². The van der Waals surface area contributed by atoms with Crippen LogP contribution in [0.5, 0.6) is 0 Å². The summed E-state index contributed by atoms with van der Waals surface area (Å²) in [5.74, 6) is 0.320. The first-order valence-electron chi connectivity index (χ1n) is 6.40. The maximum atomic E-state index is 12.1. The summed E-state index contributed by atoms with van der Waals surface area (Å²) >= 11 is 0. The van der Waals surface area contributed by atoms with Gasteiger partial charge in [0.2, 0.25) is 11.8 Å². The van der Waals surface area contributed by atoms with Gasteiger partial charge in [-0.1, -0.05) is 13.3 Å². The minimum absolute atomic E-state index is 0.00875. The van der Waals surface area contributed by atoms with Crippen LogP contribution in [0.2, 0.25) is 0 Å². The lowest BCUT2D eigenvalue weighted by atomic mass is 9.77. The van der Waals surface area contributed by atoms with Crippen molar-refractivity contribution < 1.29 is 9.59 Å². The van der Waals surface area contributed by atoms with Crippen LogP contribution >= 0.6 is 0 Å². The highest BCUT2D eigenvalue weighted by atomic mass is 16.2. The summed E-state index contributed by atoms with van der Waals surface area (Å²) in [5, 5.41) is 5.67. The highest BCUT2D eigenvalue weighted by Crippen LogP contribution is 2.29. The first-order valence-corrected chi connectivity index (χ1v) is 6.40. The van der Waals surface area contributed by atoms with Crippen molar-refractivity contribution >= 4 is 11.8 Å². The Kier molecular flexibility index (Phi) is 3.66. The van der Waals surface area contributed by atoms with Gasteiger partial charge in [0.15, 0.2) is 0 Å². The number of hydrogen-bond acceptors (Lipinski definition) is 3. The van der Waals surface area contributed by atoms with Crippen molar-refractivity contribution in [2.75, 3.05) is 6.54 Å². The molecule has 0 aromatic rings. The SMILES string of the molecule is CC1C(N)CCCC1C(=O)NC1CNC(=O)C1. The number of rotatable bonds is 2. The number of hydrogen-bond donors (Lipinski definition) is 3. The van der Waals surface area contributed by atoms with Gasteiger partial charge in [0, 0.05) is 24.9 Å². The quantitative estimate of drug-likeness (QED) is 0.621. The molecule has 2 fully saturated rings. The zero-order chi connectivity index (χ0) is 12.4. The van der Waals surface area contributed by atoms with E-state index in [9.17, 15) is 9.59 Å². The Morgan fingerprint density at radius 3 is 2.88 bits per heavy atom. The molecule has 4 unspecified atom stereocenters. The van der Waals surface area contributed by atoms with E-state index in [4.69, 9.17) is 5.73 Å². The van der Waals surface area contributed by atoms with E-state index in [0.29, 0.717) is 13.0 Å². The fourth-order valence-corrected chi connectivity index (χ4v) is 2.78. The van der Waals surface area contributed by atoms with Crippen molar-refractivity contribution in [1.82, 2.24) is 10.6 Å². The molecule has 0 radical (unpaired) electrons. The molecule has 17 heavy (non-hydrogen) atoms. The van der Waals surface area contributed by atoms with Gasteiger partial charge in [-0.3, -0.25) is 9.59 Å². The number of carbonyl (C=O) groups is 2. The first-order chi connectivity index (χ1) is 8.08. The van der Waals surface area contributed by atoms with Crippen LogP contribution in [0.15, 0.2) is 0 Å². The van der Waals surface area contributed by atoms with Crippen LogP contribution in [0, 0.1) is 11.8 Å². The maximum Gasteiger partial charge on any atom is 0.223 e. The maximum absolute atomic E-state index is 12.1. The zero-order valence-corrected chi connectivity index (χ0v) is 10.2. The molecule has 4 atom stereocenters. The molecule has 1 heterocycles. The van der Waals surface area contributed by atoms with Crippen molar-refractivity contribution in [2.24, 2.45) is 17.6 Å². The summed E-state index contributed by atoms with van der Waals surface area (Å²) < 4.78 is 0. The topological polar surface area (TPSA) is 84.2 Å². The first kappa shape index (κ1) is 12.4. The largest absolute Gasteiger partial charge is 0.354 e. The van der Waals surface area contributed by atoms with Crippen molar-refractivity contribution in [2.45, 2.75) is 44.7 Å². The summed E-state index contributed by atoms with van der Waals surface area (Å²) in [6.45, 7) is 2.60. The van der Waals surface area contributed by atoms with Crippen LogP contribution in [0.3, 0.4) is 0 Å². The average Bonchev–Trinajstić information content (AvgIpc) is 2.68. The summed E-state index contributed by atoms with van der Waals surface area (Å²) in [5.41, 5.74) is 5.99. The molecule has 0 bridgehead atoms. The highest BCUT2D eigenvalue weighted by molar-refractivity contribution is 5.83. The minimum atomic E-state index is -0.0413. The number of nitrogens with two attached hydrogens (primary N) is 1. The molecule has 5 heteroatoms. The summed E-state index contributed by atoms with van der Waals surface area (Å²) in [6, 6.07) is 0.0863. The molecule has 2 aliphatic rings. The van der Waals surface area contributed by atoms with Gasteiger partial charge in [0.05, 0.1) is 6.04 Å². The van der Waals surface area contributed by atoms with Crippen LogP contribution in [0.1, 0.15) is 32.6 Å². The van der Waals surface area contributed by atoms with E-state index >= 15 is 0 Å². The molecule has 0 aromatic carbocycles. The Labute approximate surface area is 102 Å². The predicted octanol–water partition coefficient (Wildman–Crippen LogP) is -0.245. The molecule has 1 aliphatic heterocycles. The number of nitrogens with one attached hydrogen (secondary N) is 2. The van der Waals surface area contributed by atoms with Gasteiger partial charge >= 0.3 is 0 Å². The van der Waals surface area contributed by atoms with E-state index in [2.05, 4.69) is 10.6 Å². The molecule has 1 saturated carbocycles. The Bertz CT molecular complexity index is 319. The summed E-state index contributed by atoms with van der Waals surface area (Å²) in [4.78, 5) is 23.2. The molecule has 4 N–H and O–H groups in total. The Hall–Kier alpha value is -1.10. The van der Waals surface area contributed by atoms with Crippen LogP contribution in [-0.2, 0) is 9.59 Å². The second-order valence-corrected chi connectivity index (χ2v) is 5.27. The number of amides is 2. The smallest absolute Gasteiger partial charge is 0.223 e. The normalized spacial score (nSPS) is 37.6. The standard InChI is InChI=1S/C12H21N3O2/c1-7-9(3-2-4-10(7)13)12(17)15-8-5-11(16)14-6-8/h7-10H,2-6,13H2,1H3,(H,14,16)(H,15,17). The molecular formula is C12H21N3O2. The molecule has 0 spiro atoms. The lowest BCUT2D eigenvalue weighted by molar-refractivity contribution is -0.128. The fraction of sp³-hybridized carbons (Fsp3) is 0.833. The van der Waals surface area contributed by atoms with Gasteiger partial charge in [-0.05, 0) is 18.8 Å². The van der Waals surface area contributed by atoms with Crippen molar-refractivity contribution in [1.29, 1.82) is 0 Å². The Morgan fingerprint density at radius 1 is 1.47 bits per heavy atom. The third kappa shape index (κ3) is 2.77. The summed E-state index contributed by atoms with van der Waals surface area (Å²) in [7, 11) is 0. The highest BCUT2D eigenvalue weighted by Gasteiger charge is 2.34. The molecule has 2 rings (SSSR count). The predicted molar refractivity (Wildman–Crippen MR) is 64.0 cm³/mol. The zero-order valence-electron chi connectivity index (χ0n) is 10.2.